The van der Waals surface area contributed by atoms with Crippen molar-refractivity contribution in [3.8, 4) is 5.75 Å². The third kappa shape index (κ3) is 3.92. The van der Waals surface area contributed by atoms with Crippen molar-refractivity contribution < 1.29 is 13.9 Å². The van der Waals surface area contributed by atoms with Crippen LogP contribution in [0.2, 0.25) is 0 Å². The number of hydrogen-bond acceptors (Lipinski definition) is 3. The number of ether oxygens (including phenoxy) is 1. The molecule has 3 atom stereocenters. The lowest BCUT2D eigenvalue weighted by Gasteiger charge is -2.34. The summed E-state index contributed by atoms with van der Waals surface area (Å²) in [6, 6.07) is 14.7. The van der Waals surface area contributed by atoms with Crippen molar-refractivity contribution in [2.75, 3.05) is 25.1 Å². The molecule has 3 unspecified atom stereocenters. The molecule has 5 heteroatoms. The number of halogens is 1. The zero-order valence-corrected chi connectivity index (χ0v) is 15.5. The van der Waals surface area contributed by atoms with Crippen LogP contribution < -0.4 is 15.0 Å². The highest BCUT2D eigenvalue weighted by atomic mass is 19.1. The van der Waals surface area contributed by atoms with Gasteiger partial charge in [0.1, 0.15) is 11.6 Å². The minimum Gasteiger partial charge on any atom is -0.496 e. The van der Waals surface area contributed by atoms with Crippen LogP contribution in [0.5, 0.6) is 5.75 Å². The smallest absolute Gasteiger partial charge is 0.224 e. The molecule has 0 bridgehead atoms. The fourth-order valence-corrected chi connectivity index (χ4v) is 4.11. The number of carbonyl (C=O) groups is 1. The Balaban J connectivity index is 1.36. The highest BCUT2D eigenvalue weighted by Crippen LogP contribution is 2.50. The third-order valence-electron chi connectivity index (χ3n) is 5.61. The van der Waals surface area contributed by atoms with E-state index in [9.17, 15) is 9.18 Å². The molecule has 142 valence electrons. The van der Waals surface area contributed by atoms with Crippen LogP contribution >= 0.6 is 0 Å². The highest BCUT2D eigenvalue weighted by molar-refractivity contribution is 5.83. The van der Waals surface area contributed by atoms with Gasteiger partial charge >= 0.3 is 0 Å². The molecule has 2 aliphatic rings. The van der Waals surface area contributed by atoms with Gasteiger partial charge in [-0.3, -0.25) is 4.79 Å². The number of benzene rings is 2. The van der Waals surface area contributed by atoms with Crippen molar-refractivity contribution in [3.63, 3.8) is 0 Å². The highest BCUT2D eigenvalue weighted by Gasteiger charge is 2.45. The van der Waals surface area contributed by atoms with Crippen molar-refractivity contribution in [3.05, 3.63) is 59.9 Å². The average Bonchev–Trinajstić information content (AvgIpc) is 3.49. The molecule has 2 fully saturated rings. The van der Waals surface area contributed by atoms with Crippen molar-refractivity contribution in [2.45, 2.75) is 31.2 Å². The number of para-hydroxylation sites is 1. The normalized spacial score (nSPS) is 24.4. The van der Waals surface area contributed by atoms with E-state index < -0.39 is 0 Å². The molecule has 1 aliphatic carbocycles. The summed E-state index contributed by atoms with van der Waals surface area (Å²) in [5.74, 6) is 1.01. The number of anilines is 1. The number of piperidine rings is 1. The van der Waals surface area contributed by atoms with Crippen LogP contribution in [-0.2, 0) is 4.79 Å². The predicted molar refractivity (Wildman–Crippen MR) is 104 cm³/mol. The first-order valence-corrected chi connectivity index (χ1v) is 9.59. The summed E-state index contributed by atoms with van der Waals surface area (Å²) < 4.78 is 18.9. The number of rotatable bonds is 5. The summed E-state index contributed by atoms with van der Waals surface area (Å²) in [7, 11) is 1.67. The summed E-state index contributed by atoms with van der Waals surface area (Å²) in [4.78, 5) is 14.9. The third-order valence-corrected chi connectivity index (χ3v) is 5.61. The van der Waals surface area contributed by atoms with E-state index in [1.165, 1.54) is 6.07 Å². The van der Waals surface area contributed by atoms with E-state index in [-0.39, 0.29) is 29.6 Å². The summed E-state index contributed by atoms with van der Waals surface area (Å²) >= 11 is 0. The second-order valence-corrected chi connectivity index (χ2v) is 7.46. The summed E-state index contributed by atoms with van der Waals surface area (Å²) in [6.07, 6.45) is 2.82. The van der Waals surface area contributed by atoms with Crippen LogP contribution in [-0.4, -0.2) is 32.1 Å². The van der Waals surface area contributed by atoms with E-state index in [4.69, 9.17) is 4.74 Å². The van der Waals surface area contributed by atoms with Gasteiger partial charge in [0.15, 0.2) is 0 Å². The van der Waals surface area contributed by atoms with Gasteiger partial charge in [0.25, 0.3) is 0 Å². The Hall–Kier alpha value is -2.56. The van der Waals surface area contributed by atoms with E-state index in [0.29, 0.717) is 0 Å². The maximum atomic E-state index is 13.5. The van der Waals surface area contributed by atoms with Gasteiger partial charge in [0.05, 0.1) is 7.11 Å². The lowest BCUT2D eigenvalue weighted by atomic mass is 10.0. The number of methoxy groups -OCH3 is 1. The molecule has 0 radical (unpaired) electrons. The molecule has 1 saturated carbocycles. The monoisotopic (exact) mass is 368 g/mol. The molecule has 0 aromatic heterocycles. The Labute approximate surface area is 159 Å². The van der Waals surface area contributed by atoms with Gasteiger partial charge in [-0.2, -0.15) is 0 Å². The molecule has 0 spiro atoms. The maximum Gasteiger partial charge on any atom is 0.224 e. The van der Waals surface area contributed by atoms with Crippen LogP contribution in [0.15, 0.2) is 48.5 Å². The van der Waals surface area contributed by atoms with Gasteiger partial charge < -0.3 is 15.0 Å². The fraction of sp³-hybridized carbons (Fsp3) is 0.409. The summed E-state index contributed by atoms with van der Waals surface area (Å²) in [6.45, 7) is 1.62. The van der Waals surface area contributed by atoms with Gasteiger partial charge in [-0.05, 0) is 55.0 Å². The van der Waals surface area contributed by atoms with Crippen LogP contribution in [0.1, 0.15) is 30.7 Å². The number of hydrogen-bond donors (Lipinski definition) is 1. The topological polar surface area (TPSA) is 41.6 Å². The van der Waals surface area contributed by atoms with E-state index in [1.807, 2.05) is 30.3 Å². The second-order valence-electron chi connectivity index (χ2n) is 7.46. The molecule has 4 nitrogen and oxygen atoms in total. The standard InChI is InChI=1S/C22H25FN2O2/c1-27-21-10-3-2-9-18(21)19-13-20(19)22(26)24-16-7-5-11-25(14-16)17-8-4-6-15(23)12-17/h2-4,6,8-10,12,16,19-20H,5,7,11,13-14H2,1H3,(H,24,26). The van der Waals surface area contributed by atoms with Gasteiger partial charge in [-0.25, -0.2) is 4.39 Å². The van der Waals surface area contributed by atoms with Crippen molar-refractivity contribution >= 4 is 11.6 Å². The molecule has 1 amide bonds. The van der Waals surface area contributed by atoms with Crippen LogP contribution in [0.4, 0.5) is 10.1 Å². The molecule has 1 heterocycles. The number of amides is 1. The minimum atomic E-state index is -0.226. The molecule has 1 aliphatic heterocycles. The summed E-state index contributed by atoms with van der Waals surface area (Å²) in [5.41, 5.74) is 2.00. The number of nitrogens with zero attached hydrogens (tertiary/aromatic N) is 1. The fourth-order valence-electron chi connectivity index (χ4n) is 4.11. The number of carbonyl (C=O) groups excluding carboxylic acids is 1. The Morgan fingerprint density at radius 2 is 2.07 bits per heavy atom. The Morgan fingerprint density at radius 3 is 2.89 bits per heavy atom. The van der Waals surface area contributed by atoms with E-state index in [1.54, 1.807) is 19.2 Å². The predicted octanol–water partition coefficient (Wildman–Crippen LogP) is 3.72. The molecule has 2 aromatic carbocycles. The second kappa shape index (κ2) is 7.59. The Bertz CT molecular complexity index is 825. The van der Waals surface area contributed by atoms with Crippen LogP contribution in [0.25, 0.3) is 0 Å². The zero-order valence-electron chi connectivity index (χ0n) is 15.5. The Kier molecular flexibility index (Phi) is 5.01. The molecule has 27 heavy (non-hydrogen) atoms. The molecular weight excluding hydrogens is 343 g/mol. The SMILES string of the molecule is COc1ccccc1C1CC1C(=O)NC1CCCN(c2cccc(F)c2)C1. The van der Waals surface area contributed by atoms with Crippen molar-refractivity contribution in [1.29, 1.82) is 0 Å². The molecular formula is C22H25FN2O2. The van der Waals surface area contributed by atoms with E-state index in [2.05, 4.69) is 10.2 Å². The lowest BCUT2D eigenvalue weighted by Crippen LogP contribution is -2.48. The molecule has 4 rings (SSSR count). The van der Waals surface area contributed by atoms with Gasteiger partial charge in [0, 0.05) is 30.7 Å². The van der Waals surface area contributed by atoms with Gasteiger partial charge in [0.2, 0.25) is 5.91 Å². The lowest BCUT2D eigenvalue weighted by molar-refractivity contribution is -0.123. The van der Waals surface area contributed by atoms with Crippen molar-refractivity contribution in [2.24, 2.45) is 5.92 Å². The molecule has 1 N–H and O–H groups in total. The first-order valence-electron chi connectivity index (χ1n) is 9.59. The average molecular weight is 368 g/mol. The quantitative estimate of drug-likeness (QED) is 0.875. The minimum absolute atomic E-state index is 0.0193. The van der Waals surface area contributed by atoms with Gasteiger partial charge in [-0.15, -0.1) is 0 Å². The summed E-state index contributed by atoms with van der Waals surface area (Å²) in [5, 5.41) is 3.22. The van der Waals surface area contributed by atoms with Crippen molar-refractivity contribution in [1.82, 2.24) is 5.32 Å². The number of nitrogens with one attached hydrogen (secondary N) is 1. The first-order chi connectivity index (χ1) is 13.2. The van der Waals surface area contributed by atoms with E-state index >= 15 is 0 Å². The maximum absolute atomic E-state index is 13.5. The molecule has 2 aromatic rings. The van der Waals surface area contributed by atoms with Crippen LogP contribution in [0.3, 0.4) is 0 Å². The zero-order chi connectivity index (χ0) is 18.8. The Morgan fingerprint density at radius 1 is 1.22 bits per heavy atom. The van der Waals surface area contributed by atoms with E-state index in [0.717, 1.165) is 49.4 Å². The van der Waals surface area contributed by atoms with Crippen LogP contribution in [0, 0.1) is 11.7 Å². The van der Waals surface area contributed by atoms with Gasteiger partial charge in [-0.1, -0.05) is 24.3 Å². The first kappa shape index (κ1) is 17.8. The molecule has 1 saturated heterocycles. The largest absolute Gasteiger partial charge is 0.496 e.